The van der Waals surface area contributed by atoms with Crippen LogP contribution in [-0.2, 0) is 17.9 Å². The number of amides is 1. The Balaban J connectivity index is 1.52. The number of carbonyl (C=O) groups is 1. The van der Waals surface area contributed by atoms with Gasteiger partial charge in [-0.15, -0.1) is 5.10 Å². The molecule has 2 heterocycles. The van der Waals surface area contributed by atoms with Crippen LogP contribution in [0.15, 0.2) is 47.5 Å². The molecule has 0 fully saturated rings. The van der Waals surface area contributed by atoms with Crippen molar-refractivity contribution in [3.63, 3.8) is 0 Å². The van der Waals surface area contributed by atoms with Gasteiger partial charge in [0.2, 0.25) is 11.9 Å². The summed E-state index contributed by atoms with van der Waals surface area (Å²) in [4.78, 5) is 15.9. The van der Waals surface area contributed by atoms with Gasteiger partial charge >= 0.3 is 0 Å². The van der Waals surface area contributed by atoms with Gasteiger partial charge in [0.1, 0.15) is 12.1 Å². The van der Waals surface area contributed by atoms with E-state index in [1.807, 2.05) is 0 Å². The second kappa shape index (κ2) is 7.35. The van der Waals surface area contributed by atoms with E-state index >= 15 is 0 Å². The minimum atomic E-state index is -0.300. The average molecular weight is 393 g/mol. The van der Waals surface area contributed by atoms with Gasteiger partial charge < -0.3 is 0 Å². The fraction of sp³-hybridized carbons (Fsp3) is 0.200. The Hall–Kier alpha value is -2.55. The second-order valence-electron chi connectivity index (χ2n) is 5.12. The van der Waals surface area contributed by atoms with Crippen LogP contribution in [0.5, 0.6) is 0 Å². The van der Waals surface area contributed by atoms with Crippen LogP contribution in [0.2, 0.25) is 0 Å². The molecule has 1 aromatic carbocycles. The highest BCUT2D eigenvalue weighted by atomic mass is 79.9. The number of nitrogens with zero attached hydrogens (tertiary/aromatic N) is 5. The van der Waals surface area contributed by atoms with Gasteiger partial charge in [-0.05, 0) is 33.6 Å². The van der Waals surface area contributed by atoms with Gasteiger partial charge in [0, 0.05) is 19.2 Å². The quantitative estimate of drug-likeness (QED) is 0.698. The number of halogens is 2. The highest BCUT2D eigenvalue weighted by Crippen LogP contribution is 2.08. The molecule has 1 N–H and O–H groups in total. The van der Waals surface area contributed by atoms with Gasteiger partial charge in [-0.25, -0.2) is 14.1 Å². The van der Waals surface area contributed by atoms with E-state index in [0.717, 1.165) is 10.0 Å². The number of rotatable bonds is 6. The summed E-state index contributed by atoms with van der Waals surface area (Å²) < 4.78 is 17.2. The van der Waals surface area contributed by atoms with E-state index in [-0.39, 0.29) is 24.1 Å². The minimum absolute atomic E-state index is 0.204. The zero-order valence-electron chi connectivity index (χ0n) is 12.6. The molecular weight excluding hydrogens is 379 g/mol. The number of hydrogen-bond acceptors (Lipinski definition) is 4. The summed E-state index contributed by atoms with van der Waals surface area (Å²) in [5, 5.41) is 10.9. The van der Waals surface area contributed by atoms with Crippen molar-refractivity contribution in [1.29, 1.82) is 0 Å². The van der Waals surface area contributed by atoms with Crippen LogP contribution < -0.4 is 5.32 Å². The number of benzene rings is 1. The van der Waals surface area contributed by atoms with E-state index in [4.69, 9.17) is 0 Å². The molecule has 7 nitrogen and oxygen atoms in total. The summed E-state index contributed by atoms with van der Waals surface area (Å²) >= 11 is 3.30. The van der Waals surface area contributed by atoms with Crippen LogP contribution in [0.3, 0.4) is 0 Å². The molecule has 0 radical (unpaired) electrons. The topological polar surface area (TPSA) is 77.6 Å². The molecule has 0 unspecified atom stereocenters. The maximum atomic E-state index is 13.2. The fourth-order valence-corrected chi connectivity index (χ4v) is 2.44. The second-order valence-corrected chi connectivity index (χ2v) is 6.03. The highest BCUT2D eigenvalue weighted by Gasteiger charge is 2.08. The van der Waals surface area contributed by atoms with E-state index < -0.39 is 0 Å². The van der Waals surface area contributed by atoms with Crippen molar-refractivity contribution in [2.75, 3.05) is 5.32 Å². The van der Waals surface area contributed by atoms with E-state index in [9.17, 15) is 9.18 Å². The number of nitrogens with one attached hydrogen (secondary N) is 1. The molecule has 2 aromatic heterocycles. The summed E-state index contributed by atoms with van der Waals surface area (Å²) in [6, 6.07) is 6.25. The van der Waals surface area contributed by atoms with Crippen molar-refractivity contribution in [2.24, 2.45) is 0 Å². The van der Waals surface area contributed by atoms with Gasteiger partial charge in [0.25, 0.3) is 0 Å². The van der Waals surface area contributed by atoms with Crippen molar-refractivity contribution in [3.05, 3.63) is 58.8 Å². The number of aromatic nitrogens is 5. The van der Waals surface area contributed by atoms with Gasteiger partial charge in [-0.2, -0.15) is 5.10 Å². The molecule has 0 aliphatic carbocycles. The van der Waals surface area contributed by atoms with Crippen molar-refractivity contribution < 1.29 is 9.18 Å². The first-order valence-electron chi connectivity index (χ1n) is 7.20. The molecule has 0 saturated heterocycles. The van der Waals surface area contributed by atoms with Gasteiger partial charge in [0.05, 0.1) is 17.2 Å². The molecule has 124 valence electrons. The summed E-state index contributed by atoms with van der Waals surface area (Å²) in [7, 11) is 0. The normalized spacial score (nSPS) is 10.8. The Labute approximate surface area is 145 Å². The summed E-state index contributed by atoms with van der Waals surface area (Å²) in [5.74, 6) is -0.283. The number of carbonyl (C=O) groups excluding carboxylic acids is 1. The molecule has 1 amide bonds. The summed E-state index contributed by atoms with van der Waals surface area (Å²) in [5.41, 5.74) is 0.766. The highest BCUT2D eigenvalue weighted by molar-refractivity contribution is 9.10. The smallest absolute Gasteiger partial charge is 0.248 e. The van der Waals surface area contributed by atoms with Gasteiger partial charge in [0.15, 0.2) is 0 Å². The number of hydrogen-bond donors (Lipinski definition) is 1. The molecule has 0 saturated carbocycles. The van der Waals surface area contributed by atoms with E-state index in [2.05, 4.69) is 36.4 Å². The first-order valence-corrected chi connectivity index (χ1v) is 7.99. The standard InChI is InChI=1S/C15H14BrFN6O/c16-12-7-19-22(9-12)5-4-14(24)20-15-18-10-23(21-15)8-11-2-1-3-13(17)6-11/h1-3,6-7,9-10H,4-5,8H2,(H,20,21,24). The lowest BCUT2D eigenvalue weighted by atomic mass is 10.2. The zero-order valence-corrected chi connectivity index (χ0v) is 14.1. The Bertz CT molecular complexity index is 846. The molecule has 0 aliphatic rings. The summed E-state index contributed by atoms with van der Waals surface area (Å²) in [6.45, 7) is 0.837. The largest absolute Gasteiger partial charge is 0.293 e. The molecule has 3 aromatic rings. The van der Waals surface area contributed by atoms with Gasteiger partial charge in [-0.3, -0.25) is 14.8 Å². The predicted molar refractivity (Wildman–Crippen MR) is 88.7 cm³/mol. The fourth-order valence-electron chi connectivity index (χ4n) is 2.11. The Morgan fingerprint density at radius 1 is 1.33 bits per heavy atom. The van der Waals surface area contributed by atoms with Crippen LogP contribution in [0.4, 0.5) is 10.3 Å². The molecule has 0 bridgehead atoms. The first kappa shape index (κ1) is 16.3. The monoisotopic (exact) mass is 392 g/mol. The van der Waals surface area contributed by atoms with Crippen LogP contribution in [0.1, 0.15) is 12.0 Å². The molecule has 0 atom stereocenters. The summed E-state index contributed by atoms with van der Waals surface area (Å²) in [6.07, 6.45) is 5.20. The van der Waals surface area contributed by atoms with Crippen molar-refractivity contribution >= 4 is 27.8 Å². The molecule has 0 aliphatic heterocycles. The van der Waals surface area contributed by atoms with Crippen molar-refractivity contribution in [2.45, 2.75) is 19.5 Å². The third-order valence-electron chi connectivity index (χ3n) is 3.19. The Morgan fingerprint density at radius 3 is 2.96 bits per heavy atom. The SMILES string of the molecule is O=C(CCn1cc(Br)cn1)Nc1ncn(Cc2cccc(F)c2)n1. The van der Waals surface area contributed by atoms with E-state index in [1.165, 1.54) is 23.1 Å². The molecular formula is C15H14BrFN6O. The molecule has 3 rings (SSSR count). The Kier molecular flexibility index (Phi) is 4.99. The number of aryl methyl sites for hydroxylation is 1. The average Bonchev–Trinajstić information content (AvgIpc) is 3.14. The predicted octanol–water partition coefficient (Wildman–Crippen LogP) is 2.45. The van der Waals surface area contributed by atoms with Crippen LogP contribution >= 0.6 is 15.9 Å². The maximum absolute atomic E-state index is 13.2. The maximum Gasteiger partial charge on any atom is 0.248 e. The molecule has 24 heavy (non-hydrogen) atoms. The molecule has 9 heteroatoms. The lowest BCUT2D eigenvalue weighted by molar-refractivity contribution is -0.116. The van der Waals surface area contributed by atoms with Crippen LogP contribution in [0.25, 0.3) is 0 Å². The first-order chi connectivity index (χ1) is 11.6. The van der Waals surface area contributed by atoms with Crippen LogP contribution in [0, 0.1) is 5.82 Å². The minimum Gasteiger partial charge on any atom is -0.293 e. The molecule has 0 spiro atoms. The van der Waals surface area contributed by atoms with Crippen molar-refractivity contribution in [3.8, 4) is 0 Å². The van der Waals surface area contributed by atoms with Crippen LogP contribution in [-0.4, -0.2) is 30.5 Å². The third-order valence-corrected chi connectivity index (χ3v) is 3.60. The van der Waals surface area contributed by atoms with E-state index in [1.54, 1.807) is 29.2 Å². The van der Waals surface area contributed by atoms with Crippen molar-refractivity contribution in [1.82, 2.24) is 24.5 Å². The lowest BCUT2D eigenvalue weighted by Gasteiger charge is -2.02. The van der Waals surface area contributed by atoms with Gasteiger partial charge in [-0.1, -0.05) is 12.1 Å². The Morgan fingerprint density at radius 2 is 2.21 bits per heavy atom. The number of anilines is 1. The zero-order chi connectivity index (χ0) is 16.9. The van der Waals surface area contributed by atoms with E-state index in [0.29, 0.717) is 13.1 Å². The lowest BCUT2D eigenvalue weighted by Crippen LogP contribution is -2.16. The third kappa shape index (κ3) is 4.48.